The van der Waals surface area contributed by atoms with Gasteiger partial charge in [-0.1, -0.05) is 36.4 Å². The van der Waals surface area contributed by atoms with Crippen LogP contribution in [0.15, 0.2) is 48.5 Å². The highest BCUT2D eigenvalue weighted by Gasteiger charge is 2.35. The van der Waals surface area contributed by atoms with E-state index in [1.807, 2.05) is 30.3 Å². The van der Waals surface area contributed by atoms with Crippen LogP contribution in [0.4, 0.5) is 10.1 Å². The molecule has 0 saturated carbocycles. The Bertz CT molecular complexity index is 839. The van der Waals surface area contributed by atoms with E-state index < -0.39 is 36.1 Å². The fraction of sp³-hybridized carbons (Fsp3) is 0.167. The lowest BCUT2D eigenvalue weighted by molar-refractivity contribution is -0.123. The summed E-state index contributed by atoms with van der Waals surface area (Å²) in [6.45, 7) is -0.435. The molecular formula is C18H16FN3O3. The Labute approximate surface area is 143 Å². The highest BCUT2D eigenvalue weighted by atomic mass is 19.1. The van der Waals surface area contributed by atoms with Gasteiger partial charge in [0.15, 0.2) is 0 Å². The van der Waals surface area contributed by atoms with Gasteiger partial charge in [-0.3, -0.25) is 14.4 Å². The van der Waals surface area contributed by atoms with Crippen LogP contribution in [0.2, 0.25) is 0 Å². The Morgan fingerprint density at radius 3 is 2.52 bits per heavy atom. The lowest BCUT2D eigenvalue weighted by Gasteiger charge is -2.24. The number of benzene rings is 2. The lowest BCUT2D eigenvalue weighted by atomic mass is 10.0. The Kier molecular flexibility index (Phi) is 4.47. The molecule has 1 atom stereocenters. The van der Waals surface area contributed by atoms with Crippen LogP contribution in [0.1, 0.15) is 15.9 Å². The maximum Gasteiger partial charge on any atom is 0.257 e. The molecule has 0 saturated heterocycles. The lowest BCUT2D eigenvalue weighted by Crippen LogP contribution is -2.49. The molecule has 25 heavy (non-hydrogen) atoms. The first-order valence-corrected chi connectivity index (χ1v) is 7.70. The van der Waals surface area contributed by atoms with Gasteiger partial charge < -0.3 is 16.0 Å². The Morgan fingerprint density at radius 1 is 1.12 bits per heavy atom. The summed E-state index contributed by atoms with van der Waals surface area (Å²) in [5.41, 5.74) is 5.83. The molecule has 0 aliphatic carbocycles. The van der Waals surface area contributed by atoms with E-state index in [1.54, 1.807) is 0 Å². The summed E-state index contributed by atoms with van der Waals surface area (Å²) in [5, 5.41) is 2.56. The molecule has 0 radical (unpaired) electrons. The second-order valence-corrected chi connectivity index (χ2v) is 5.74. The van der Waals surface area contributed by atoms with Crippen LogP contribution in [-0.2, 0) is 16.0 Å². The molecule has 0 aromatic heterocycles. The molecule has 2 aromatic rings. The van der Waals surface area contributed by atoms with E-state index in [1.165, 1.54) is 12.1 Å². The Balaban J connectivity index is 2.03. The largest absolute Gasteiger partial charge is 0.368 e. The van der Waals surface area contributed by atoms with Gasteiger partial charge in [-0.25, -0.2) is 4.39 Å². The molecular weight excluding hydrogens is 325 g/mol. The normalized spacial score (nSPS) is 16.8. The SMILES string of the molecule is NC(=O)CN1C(=O)[C@H](Cc2ccccc2)NC(=O)c2c(F)cccc21. The highest BCUT2D eigenvalue weighted by molar-refractivity contribution is 6.12. The summed E-state index contributed by atoms with van der Waals surface area (Å²) in [5.74, 6) is -2.73. The molecule has 2 aromatic carbocycles. The number of amides is 3. The van der Waals surface area contributed by atoms with E-state index in [9.17, 15) is 18.8 Å². The average Bonchev–Trinajstić information content (AvgIpc) is 2.67. The fourth-order valence-electron chi connectivity index (χ4n) is 2.87. The van der Waals surface area contributed by atoms with Crippen molar-refractivity contribution in [1.82, 2.24) is 5.32 Å². The van der Waals surface area contributed by atoms with Crippen LogP contribution in [0.25, 0.3) is 0 Å². The van der Waals surface area contributed by atoms with Gasteiger partial charge in [0.05, 0.1) is 11.3 Å². The zero-order chi connectivity index (χ0) is 18.0. The number of fused-ring (bicyclic) bond motifs is 1. The third-order valence-corrected chi connectivity index (χ3v) is 3.98. The summed E-state index contributed by atoms with van der Waals surface area (Å²) in [7, 11) is 0. The first-order chi connectivity index (χ1) is 12.0. The number of nitrogens with one attached hydrogen (secondary N) is 1. The van der Waals surface area contributed by atoms with Gasteiger partial charge in [0, 0.05) is 6.42 Å². The van der Waals surface area contributed by atoms with Gasteiger partial charge in [-0.05, 0) is 17.7 Å². The zero-order valence-corrected chi connectivity index (χ0v) is 13.2. The maximum absolute atomic E-state index is 14.2. The second-order valence-electron chi connectivity index (χ2n) is 5.74. The third-order valence-electron chi connectivity index (χ3n) is 3.98. The molecule has 0 fully saturated rings. The molecule has 3 amide bonds. The van der Waals surface area contributed by atoms with E-state index in [0.29, 0.717) is 0 Å². The number of rotatable bonds is 4. The summed E-state index contributed by atoms with van der Waals surface area (Å²) < 4.78 is 14.2. The van der Waals surface area contributed by atoms with Crippen molar-refractivity contribution in [3.05, 3.63) is 65.5 Å². The van der Waals surface area contributed by atoms with Gasteiger partial charge >= 0.3 is 0 Å². The molecule has 1 heterocycles. The minimum absolute atomic E-state index is 0.0388. The molecule has 7 heteroatoms. The van der Waals surface area contributed by atoms with Gasteiger partial charge in [0.1, 0.15) is 18.4 Å². The number of carbonyl (C=O) groups is 3. The van der Waals surface area contributed by atoms with Crippen LogP contribution in [0.3, 0.4) is 0 Å². The molecule has 3 N–H and O–H groups in total. The molecule has 0 unspecified atom stereocenters. The smallest absolute Gasteiger partial charge is 0.257 e. The maximum atomic E-state index is 14.2. The van der Waals surface area contributed by atoms with E-state index in [4.69, 9.17) is 5.73 Å². The first kappa shape index (κ1) is 16.6. The number of nitrogens with zero attached hydrogens (tertiary/aromatic N) is 1. The number of hydrogen-bond acceptors (Lipinski definition) is 3. The van der Waals surface area contributed by atoms with Gasteiger partial charge in [0.25, 0.3) is 5.91 Å². The molecule has 1 aliphatic rings. The topological polar surface area (TPSA) is 92.5 Å². The zero-order valence-electron chi connectivity index (χ0n) is 13.2. The number of primary amides is 1. The van der Waals surface area contributed by atoms with Gasteiger partial charge in [0.2, 0.25) is 11.8 Å². The molecule has 1 aliphatic heterocycles. The molecule has 6 nitrogen and oxygen atoms in total. The predicted octanol–water partition coefficient (Wildman–Crippen LogP) is 0.999. The molecule has 3 rings (SSSR count). The fourth-order valence-corrected chi connectivity index (χ4v) is 2.87. The Hall–Kier alpha value is -3.22. The summed E-state index contributed by atoms with van der Waals surface area (Å²) in [4.78, 5) is 37.8. The van der Waals surface area contributed by atoms with Crippen molar-refractivity contribution in [2.24, 2.45) is 5.73 Å². The summed E-state index contributed by atoms with van der Waals surface area (Å²) in [6, 6.07) is 12.1. The molecule has 0 bridgehead atoms. The number of carbonyl (C=O) groups excluding carboxylic acids is 3. The molecule has 0 spiro atoms. The van der Waals surface area contributed by atoms with Crippen molar-refractivity contribution in [2.45, 2.75) is 12.5 Å². The van der Waals surface area contributed by atoms with Crippen molar-refractivity contribution >= 4 is 23.4 Å². The van der Waals surface area contributed by atoms with E-state index in [-0.39, 0.29) is 17.7 Å². The number of anilines is 1. The Morgan fingerprint density at radius 2 is 1.84 bits per heavy atom. The number of halogens is 1. The quantitative estimate of drug-likeness (QED) is 0.869. The van der Waals surface area contributed by atoms with E-state index in [2.05, 4.69) is 5.32 Å². The van der Waals surface area contributed by atoms with Crippen LogP contribution in [-0.4, -0.2) is 30.3 Å². The third kappa shape index (κ3) is 3.35. The van der Waals surface area contributed by atoms with Crippen LogP contribution in [0.5, 0.6) is 0 Å². The van der Waals surface area contributed by atoms with Crippen LogP contribution < -0.4 is 16.0 Å². The van der Waals surface area contributed by atoms with Crippen molar-refractivity contribution in [3.8, 4) is 0 Å². The van der Waals surface area contributed by atoms with Crippen molar-refractivity contribution < 1.29 is 18.8 Å². The van der Waals surface area contributed by atoms with E-state index >= 15 is 0 Å². The van der Waals surface area contributed by atoms with Crippen molar-refractivity contribution in [3.63, 3.8) is 0 Å². The molecule has 128 valence electrons. The summed E-state index contributed by atoms with van der Waals surface area (Å²) >= 11 is 0. The minimum atomic E-state index is -0.930. The highest BCUT2D eigenvalue weighted by Crippen LogP contribution is 2.27. The van der Waals surface area contributed by atoms with Crippen LogP contribution >= 0.6 is 0 Å². The van der Waals surface area contributed by atoms with Crippen molar-refractivity contribution in [2.75, 3.05) is 11.4 Å². The van der Waals surface area contributed by atoms with E-state index in [0.717, 1.165) is 16.5 Å². The van der Waals surface area contributed by atoms with Crippen LogP contribution in [0, 0.1) is 5.82 Å². The van der Waals surface area contributed by atoms with Gasteiger partial charge in [-0.15, -0.1) is 0 Å². The predicted molar refractivity (Wildman–Crippen MR) is 89.3 cm³/mol. The standard InChI is InChI=1S/C18H16FN3O3/c19-12-7-4-8-14-16(12)17(24)21-13(9-11-5-2-1-3-6-11)18(25)22(14)10-15(20)23/h1-8,13H,9-10H2,(H2,20,23)(H,21,24)/t13-/m0/s1. The second kappa shape index (κ2) is 6.72. The number of nitrogens with two attached hydrogens (primary N) is 1. The van der Waals surface area contributed by atoms with Gasteiger partial charge in [-0.2, -0.15) is 0 Å². The minimum Gasteiger partial charge on any atom is -0.368 e. The number of hydrogen-bond donors (Lipinski definition) is 2. The summed E-state index contributed by atoms with van der Waals surface area (Å²) in [6.07, 6.45) is 0.219. The average molecular weight is 341 g/mol. The first-order valence-electron chi connectivity index (χ1n) is 7.70. The monoisotopic (exact) mass is 341 g/mol. The van der Waals surface area contributed by atoms with Crippen molar-refractivity contribution in [1.29, 1.82) is 0 Å².